The van der Waals surface area contributed by atoms with Crippen molar-refractivity contribution in [3.8, 4) is 0 Å². The third-order valence-electron chi connectivity index (χ3n) is 3.98. The molecule has 11 heteroatoms. The van der Waals surface area contributed by atoms with Crippen molar-refractivity contribution in [2.75, 3.05) is 10.6 Å². The van der Waals surface area contributed by atoms with Crippen LogP contribution in [0.4, 0.5) is 28.9 Å². The average Bonchev–Trinajstić information content (AvgIpc) is 2.69. The zero-order valence-corrected chi connectivity index (χ0v) is 17.3. The van der Waals surface area contributed by atoms with Gasteiger partial charge >= 0.3 is 0 Å². The third kappa shape index (κ3) is 5.10. The van der Waals surface area contributed by atoms with E-state index in [-0.39, 0.29) is 37.6 Å². The Kier molecular flexibility index (Phi) is 6.74. The summed E-state index contributed by atoms with van der Waals surface area (Å²) in [6.07, 6.45) is 0. The van der Waals surface area contributed by atoms with E-state index < -0.39 is 35.1 Å². The summed E-state index contributed by atoms with van der Waals surface area (Å²) in [7, 11) is 0. The number of nitrogens with one attached hydrogen (secondary N) is 2. The highest BCUT2D eigenvalue weighted by atomic mass is 35.5. The third-order valence-corrected chi connectivity index (χ3v) is 4.92. The number of amides is 2. The molecule has 3 aromatic carbocycles. The Balaban J connectivity index is 1.77. The lowest BCUT2D eigenvalue weighted by Gasteiger charge is -2.12. The SMILES string of the molecule is O=C(Nc1ccc(NC(=O)c2cc(F)c(F)cc2Cl)c(Cl)c1)c1cc(F)c(F)cc1Cl. The molecule has 4 nitrogen and oxygen atoms in total. The quantitative estimate of drug-likeness (QED) is 0.315. The number of rotatable bonds is 4. The largest absolute Gasteiger partial charge is 0.322 e. The highest BCUT2D eigenvalue weighted by Gasteiger charge is 2.18. The van der Waals surface area contributed by atoms with Crippen LogP contribution >= 0.6 is 34.8 Å². The second kappa shape index (κ2) is 9.13. The van der Waals surface area contributed by atoms with E-state index in [2.05, 4.69) is 10.6 Å². The maximum absolute atomic E-state index is 13.4. The van der Waals surface area contributed by atoms with Gasteiger partial charge in [0.2, 0.25) is 0 Å². The van der Waals surface area contributed by atoms with Gasteiger partial charge in [-0.25, -0.2) is 17.6 Å². The first kappa shape index (κ1) is 22.9. The molecule has 0 atom stereocenters. The molecule has 0 saturated heterocycles. The van der Waals surface area contributed by atoms with Gasteiger partial charge in [0.15, 0.2) is 23.3 Å². The van der Waals surface area contributed by atoms with E-state index in [9.17, 15) is 27.2 Å². The van der Waals surface area contributed by atoms with Gasteiger partial charge in [-0.05, 0) is 42.5 Å². The minimum Gasteiger partial charge on any atom is -0.322 e. The van der Waals surface area contributed by atoms with E-state index in [4.69, 9.17) is 34.8 Å². The Labute approximate surface area is 187 Å². The Morgan fingerprint density at radius 1 is 0.613 bits per heavy atom. The molecule has 0 unspecified atom stereocenters. The zero-order chi connectivity index (χ0) is 22.9. The summed E-state index contributed by atoms with van der Waals surface area (Å²) in [5, 5.41) is 4.15. The highest BCUT2D eigenvalue weighted by Crippen LogP contribution is 2.28. The molecule has 0 saturated carbocycles. The van der Waals surface area contributed by atoms with E-state index in [0.717, 1.165) is 0 Å². The fourth-order valence-electron chi connectivity index (χ4n) is 2.48. The second-order valence-electron chi connectivity index (χ2n) is 6.10. The van der Waals surface area contributed by atoms with Gasteiger partial charge < -0.3 is 10.6 Å². The first-order valence-corrected chi connectivity index (χ1v) is 9.41. The van der Waals surface area contributed by atoms with Crippen molar-refractivity contribution in [1.29, 1.82) is 0 Å². The van der Waals surface area contributed by atoms with Crippen LogP contribution < -0.4 is 10.6 Å². The zero-order valence-electron chi connectivity index (χ0n) is 15.0. The molecule has 0 aliphatic rings. The summed E-state index contributed by atoms with van der Waals surface area (Å²) in [5.74, 6) is -6.59. The van der Waals surface area contributed by atoms with Crippen molar-refractivity contribution in [3.63, 3.8) is 0 Å². The van der Waals surface area contributed by atoms with Crippen LogP contribution in [0.25, 0.3) is 0 Å². The molecule has 0 aliphatic carbocycles. The molecule has 2 amide bonds. The molecule has 0 fully saturated rings. The van der Waals surface area contributed by atoms with Crippen LogP contribution in [-0.4, -0.2) is 11.8 Å². The van der Waals surface area contributed by atoms with Gasteiger partial charge in [0.25, 0.3) is 11.8 Å². The molecule has 31 heavy (non-hydrogen) atoms. The Morgan fingerprint density at radius 3 is 1.55 bits per heavy atom. The van der Waals surface area contributed by atoms with Crippen LogP contribution in [-0.2, 0) is 0 Å². The summed E-state index contributed by atoms with van der Waals surface area (Å²) in [5.41, 5.74) is -0.389. The van der Waals surface area contributed by atoms with Crippen molar-refractivity contribution >= 4 is 58.0 Å². The first-order valence-electron chi connectivity index (χ1n) is 8.28. The van der Waals surface area contributed by atoms with Crippen LogP contribution in [0.5, 0.6) is 0 Å². The lowest BCUT2D eigenvalue weighted by molar-refractivity contribution is 0.101. The molecule has 0 spiro atoms. The number of halogens is 7. The smallest absolute Gasteiger partial charge is 0.257 e. The minimum absolute atomic E-state index is 0.0266. The van der Waals surface area contributed by atoms with E-state index >= 15 is 0 Å². The standard InChI is InChI=1S/C20H9Cl3F4N2O2/c21-11-6-16(26)14(24)4-9(11)19(30)28-8-1-2-18(13(23)3-8)29-20(31)10-5-15(25)17(27)7-12(10)22/h1-7H,(H,28,30)(H,29,31). The van der Waals surface area contributed by atoms with E-state index in [1.165, 1.54) is 18.2 Å². The summed E-state index contributed by atoms with van der Waals surface area (Å²) in [4.78, 5) is 24.6. The topological polar surface area (TPSA) is 58.2 Å². The van der Waals surface area contributed by atoms with Crippen molar-refractivity contribution in [2.24, 2.45) is 0 Å². The molecular formula is C20H9Cl3F4N2O2. The van der Waals surface area contributed by atoms with Crippen LogP contribution in [0.2, 0.25) is 15.1 Å². The Morgan fingerprint density at radius 2 is 1.06 bits per heavy atom. The first-order chi connectivity index (χ1) is 14.6. The maximum Gasteiger partial charge on any atom is 0.257 e. The van der Waals surface area contributed by atoms with Gasteiger partial charge in [0.1, 0.15) is 0 Å². The number of carbonyl (C=O) groups is 2. The number of anilines is 2. The fraction of sp³-hybridized carbons (Fsp3) is 0. The molecule has 0 radical (unpaired) electrons. The van der Waals surface area contributed by atoms with E-state index in [1.807, 2.05) is 0 Å². The van der Waals surface area contributed by atoms with Crippen LogP contribution in [0.3, 0.4) is 0 Å². The molecule has 0 aromatic heterocycles. The summed E-state index contributed by atoms with van der Waals surface area (Å²) >= 11 is 17.6. The Bertz CT molecular complexity index is 1220. The summed E-state index contributed by atoms with van der Waals surface area (Å²) in [6.45, 7) is 0. The number of hydrogen-bond donors (Lipinski definition) is 2. The Hall–Kier alpha value is -2.81. The summed E-state index contributed by atoms with van der Waals surface area (Å²) in [6, 6.07) is 6.54. The van der Waals surface area contributed by atoms with Crippen LogP contribution in [0, 0.1) is 23.3 Å². The fourth-order valence-corrected chi connectivity index (χ4v) is 3.18. The number of hydrogen-bond acceptors (Lipinski definition) is 2. The van der Waals surface area contributed by atoms with Crippen molar-refractivity contribution < 1.29 is 27.2 Å². The average molecular weight is 492 g/mol. The van der Waals surface area contributed by atoms with Gasteiger partial charge in [0, 0.05) is 5.69 Å². The molecule has 3 aromatic rings. The second-order valence-corrected chi connectivity index (χ2v) is 7.32. The van der Waals surface area contributed by atoms with Gasteiger partial charge in [-0.15, -0.1) is 0 Å². The molecule has 2 N–H and O–H groups in total. The molecule has 0 bridgehead atoms. The van der Waals surface area contributed by atoms with E-state index in [0.29, 0.717) is 24.3 Å². The van der Waals surface area contributed by atoms with Crippen molar-refractivity contribution in [1.82, 2.24) is 0 Å². The summed E-state index contributed by atoms with van der Waals surface area (Å²) < 4.78 is 53.1. The minimum atomic E-state index is -1.26. The normalized spacial score (nSPS) is 10.7. The molecule has 160 valence electrons. The van der Waals surface area contributed by atoms with Gasteiger partial charge in [0.05, 0.1) is 31.9 Å². The van der Waals surface area contributed by atoms with Gasteiger partial charge in [-0.3, -0.25) is 9.59 Å². The highest BCUT2D eigenvalue weighted by molar-refractivity contribution is 6.36. The van der Waals surface area contributed by atoms with Crippen LogP contribution in [0.15, 0.2) is 42.5 Å². The predicted molar refractivity (Wildman–Crippen MR) is 110 cm³/mol. The van der Waals surface area contributed by atoms with Gasteiger partial charge in [-0.2, -0.15) is 0 Å². The molecular weight excluding hydrogens is 483 g/mol. The molecule has 0 heterocycles. The number of benzene rings is 3. The van der Waals surface area contributed by atoms with Gasteiger partial charge in [-0.1, -0.05) is 34.8 Å². The van der Waals surface area contributed by atoms with E-state index in [1.54, 1.807) is 0 Å². The monoisotopic (exact) mass is 490 g/mol. The van der Waals surface area contributed by atoms with Crippen molar-refractivity contribution in [2.45, 2.75) is 0 Å². The van der Waals surface area contributed by atoms with Crippen molar-refractivity contribution in [3.05, 3.63) is 91.9 Å². The van der Waals surface area contributed by atoms with Crippen LogP contribution in [0.1, 0.15) is 20.7 Å². The molecule has 0 aliphatic heterocycles. The lowest BCUT2D eigenvalue weighted by Crippen LogP contribution is -2.15. The predicted octanol–water partition coefficient (Wildman–Crippen LogP) is 6.71. The maximum atomic E-state index is 13.4. The lowest BCUT2D eigenvalue weighted by atomic mass is 10.1. The number of carbonyl (C=O) groups excluding carboxylic acids is 2. The molecule has 3 rings (SSSR count).